The van der Waals surface area contributed by atoms with Crippen molar-refractivity contribution in [2.45, 2.75) is 13.8 Å². The largest absolute Gasteiger partial charge is 0.372 e. The topological polar surface area (TPSA) is 3.24 Å². The fraction of sp³-hybridized carbons (Fsp3) is 0.364. The summed E-state index contributed by atoms with van der Waals surface area (Å²) in [4.78, 5) is 2.33. The van der Waals surface area contributed by atoms with E-state index in [1.165, 1.54) is 11.3 Å². The second kappa shape index (κ2) is 5.04. The number of nitrogens with zero attached hydrogens (tertiary/aromatic N) is 1. The van der Waals surface area contributed by atoms with Gasteiger partial charge in [0.05, 0.1) is 0 Å². The van der Waals surface area contributed by atoms with Crippen LogP contribution in [0, 0.1) is 0 Å². The van der Waals surface area contributed by atoms with Gasteiger partial charge in [-0.3, -0.25) is 0 Å². The van der Waals surface area contributed by atoms with Crippen LogP contribution in [0.15, 0.2) is 24.3 Å². The van der Waals surface area contributed by atoms with Crippen molar-refractivity contribution in [3.8, 4) is 0 Å². The first-order valence-corrected chi connectivity index (χ1v) is 5.25. The molecule has 13 heavy (non-hydrogen) atoms. The van der Waals surface area contributed by atoms with Gasteiger partial charge in [-0.2, -0.15) is 0 Å². The Labute approximate surface area is 82.6 Å². The quantitative estimate of drug-likeness (QED) is 0.664. The first-order chi connectivity index (χ1) is 6.31. The van der Waals surface area contributed by atoms with Crippen molar-refractivity contribution in [1.29, 1.82) is 0 Å². The van der Waals surface area contributed by atoms with E-state index >= 15 is 0 Å². The van der Waals surface area contributed by atoms with Gasteiger partial charge in [-0.15, -0.1) is 8.86 Å². The van der Waals surface area contributed by atoms with Crippen molar-refractivity contribution in [3.63, 3.8) is 0 Å². The average Bonchev–Trinajstić information content (AvgIpc) is 2.21. The van der Waals surface area contributed by atoms with Crippen molar-refractivity contribution < 1.29 is 0 Å². The minimum absolute atomic E-state index is 1.06. The van der Waals surface area contributed by atoms with Crippen LogP contribution in [0.3, 0.4) is 0 Å². The Balaban J connectivity index is 2.83. The summed E-state index contributed by atoms with van der Waals surface area (Å²) in [5.41, 5.74) is 2.50. The van der Waals surface area contributed by atoms with Gasteiger partial charge in [-0.25, -0.2) is 0 Å². The third kappa shape index (κ3) is 2.57. The number of rotatable bonds is 4. The molecule has 0 aliphatic rings. The lowest BCUT2D eigenvalue weighted by molar-refractivity contribution is 0.866. The van der Waals surface area contributed by atoms with Crippen molar-refractivity contribution in [3.05, 3.63) is 29.8 Å². The zero-order valence-electron chi connectivity index (χ0n) is 8.25. The Morgan fingerprint density at radius 1 is 1.15 bits per heavy atom. The van der Waals surface area contributed by atoms with E-state index in [0.29, 0.717) is 0 Å². The van der Waals surface area contributed by atoms with Gasteiger partial charge in [0.1, 0.15) is 0 Å². The summed E-state index contributed by atoms with van der Waals surface area (Å²) in [6.07, 6.45) is 0. The molecule has 0 unspecified atom stereocenters. The highest BCUT2D eigenvalue weighted by molar-refractivity contribution is 7.19. The highest BCUT2D eigenvalue weighted by Gasteiger charge is 1.99. The first-order valence-electron chi connectivity index (χ1n) is 4.67. The maximum atomic E-state index is 3.36. The van der Waals surface area contributed by atoms with E-state index in [0.717, 1.165) is 13.1 Å². The third-order valence-corrected chi connectivity index (χ3v) is 2.52. The lowest BCUT2D eigenvalue weighted by atomic mass is 10.2. The maximum Gasteiger partial charge on any atom is 0.0366 e. The summed E-state index contributed by atoms with van der Waals surface area (Å²) in [5.74, 6) is 1.92. The Morgan fingerprint density at radius 3 is 2.08 bits per heavy atom. The van der Waals surface area contributed by atoms with Gasteiger partial charge in [0.25, 0.3) is 0 Å². The Morgan fingerprint density at radius 2 is 1.69 bits per heavy atom. The van der Waals surface area contributed by atoms with Crippen LogP contribution in [0.4, 0.5) is 5.69 Å². The summed E-state index contributed by atoms with van der Waals surface area (Å²) in [7, 11) is 3.36. The molecule has 0 aliphatic carbocycles. The summed E-state index contributed by atoms with van der Waals surface area (Å²) < 4.78 is 0. The van der Waals surface area contributed by atoms with Gasteiger partial charge in [0.2, 0.25) is 0 Å². The predicted octanol–water partition coefficient (Wildman–Crippen LogP) is 2.83. The minimum Gasteiger partial charge on any atom is -0.372 e. The van der Waals surface area contributed by atoms with Crippen LogP contribution in [0.25, 0.3) is 0 Å². The summed E-state index contributed by atoms with van der Waals surface area (Å²) in [6, 6.07) is 8.53. The maximum absolute atomic E-state index is 3.36. The van der Waals surface area contributed by atoms with Crippen LogP contribution in [-0.2, 0) is 0 Å². The second-order valence-corrected chi connectivity index (χ2v) is 3.20. The lowest BCUT2D eigenvalue weighted by Crippen LogP contribution is -2.21. The van der Waals surface area contributed by atoms with Crippen LogP contribution < -0.4 is 4.90 Å². The summed E-state index contributed by atoms with van der Waals surface area (Å²) in [5, 5.41) is 0. The van der Waals surface area contributed by atoms with Gasteiger partial charge in [0, 0.05) is 18.8 Å². The molecule has 70 valence electrons. The minimum atomic E-state index is 1.06. The molecule has 0 fully saturated rings. The van der Waals surface area contributed by atoms with Crippen molar-refractivity contribution >= 4 is 20.3 Å². The molecule has 0 atom stereocenters. The van der Waals surface area contributed by atoms with Crippen molar-refractivity contribution in [1.82, 2.24) is 0 Å². The monoisotopic (exact) mass is 193 g/mol. The second-order valence-electron chi connectivity index (χ2n) is 2.91. The molecule has 0 saturated carbocycles. The van der Waals surface area contributed by atoms with Gasteiger partial charge in [-0.05, 0) is 37.3 Å². The fourth-order valence-corrected chi connectivity index (χ4v) is 1.56. The van der Waals surface area contributed by atoms with Crippen LogP contribution in [0.2, 0.25) is 0 Å². The van der Waals surface area contributed by atoms with Gasteiger partial charge < -0.3 is 4.90 Å². The predicted molar refractivity (Wildman–Crippen MR) is 63.5 cm³/mol. The standard InChI is InChI=1S/C11H16NP/c1-3-12(4-2)11-7-5-10(9-13)6-8-11/h5-9,13H,3-4H2,1-2H3. The molecular weight excluding hydrogens is 177 g/mol. The molecule has 0 saturated heterocycles. The number of hydrogen-bond donors (Lipinski definition) is 0. The highest BCUT2D eigenvalue weighted by atomic mass is 31.0. The molecule has 0 heterocycles. The molecule has 0 aliphatic heterocycles. The van der Waals surface area contributed by atoms with E-state index in [-0.39, 0.29) is 0 Å². The van der Waals surface area contributed by atoms with E-state index in [1.807, 2.05) is 5.80 Å². The number of hydrogen-bond acceptors (Lipinski definition) is 1. The van der Waals surface area contributed by atoms with Crippen LogP contribution in [0.5, 0.6) is 0 Å². The molecule has 0 N–H and O–H groups in total. The van der Waals surface area contributed by atoms with E-state index in [2.05, 4.69) is 51.9 Å². The molecule has 0 aromatic heterocycles. The molecule has 0 spiro atoms. The van der Waals surface area contributed by atoms with Gasteiger partial charge in [-0.1, -0.05) is 12.1 Å². The molecule has 1 nitrogen and oxygen atoms in total. The molecular formula is C11H16NP. The Kier molecular flexibility index (Phi) is 3.98. The van der Waals surface area contributed by atoms with Crippen molar-refractivity contribution in [2.24, 2.45) is 0 Å². The lowest BCUT2D eigenvalue weighted by Gasteiger charge is -2.20. The van der Waals surface area contributed by atoms with E-state index in [4.69, 9.17) is 0 Å². The highest BCUT2D eigenvalue weighted by Crippen LogP contribution is 2.13. The zero-order valence-corrected chi connectivity index (χ0v) is 9.25. The van der Waals surface area contributed by atoms with Gasteiger partial charge >= 0.3 is 0 Å². The van der Waals surface area contributed by atoms with E-state index < -0.39 is 0 Å². The van der Waals surface area contributed by atoms with Crippen LogP contribution in [-0.4, -0.2) is 18.9 Å². The normalized spacial score (nSPS) is 9.69. The number of benzene rings is 1. The summed E-state index contributed by atoms with van der Waals surface area (Å²) in [6.45, 7) is 6.47. The zero-order chi connectivity index (χ0) is 9.68. The molecule has 2 heteroatoms. The third-order valence-electron chi connectivity index (χ3n) is 2.19. The molecule has 1 rings (SSSR count). The molecule has 1 aromatic rings. The molecule has 0 radical (unpaired) electrons. The fourth-order valence-electron chi connectivity index (χ4n) is 1.37. The SMILES string of the molecule is CCN(CC)c1ccc(C=P)cc1. The van der Waals surface area contributed by atoms with E-state index in [1.54, 1.807) is 0 Å². The van der Waals surface area contributed by atoms with Gasteiger partial charge in [0.15, 0.2) is 0 Å². The summed E-state index contributed by atoms with van der Waals surface area (Å²) >= 11 is 0. The molecule has 1 aromatic carbocycles. The molecule has 0 bridgehead atoms. The Bertz CT molecular complexity index is 262. The smallest absolute Gasteiger partial charge is 0.0366 e. The van der Waals surface area contributed by atoms with Crippen LogP contribution >= 0.6 is 8.86 Å². The number of anilines is 1. The van der Waals surface area contributed by atoms with E-state index in [9.17, 15) is 0 Å². The Hall–Kier alpha value is -0.810. The first kappa shape index (κ1) is 10.3. The average molecular weight is 193 g/mol. The molecule has 0 amide bonds. The van der Waals surface area contributed by atoms with Crippen LogP contribution in [0.1, 0.15) is 19.4 Å². The van der Waals surface area contributed by atoms with Crippen molar-refractivity contribution in [2.75, 3.05) is 18.0 Å².